The first-order valence-corrected chi connectivity index (χ1v) is 9.65. The molecule has 3 unspecified atom stereocenters. The maximum absolute atomic E-state index is 13.0. The second-order valence-corrected chi connectivity index (χ2v) is 9.59. The second kappa shape index (κ2) is 9.02. The van der Waals surface area contributed by atoms with Gasteiger partial charge in [-0.2, -0.15) is 0 Å². The number of rotatable bonds is 9. The molecule has 1 fully saturated rings. The van der Waals surface area contributed by atoms with E-state index in [0.717, 1.165) is 4.90 Å². The van der Waals surface area contributed by atoms with Crippen LogP contribution in [0.15, 0.2) is 0 Å². The van der Waals surface area contributed by atoms with Crippen LogP contribution in [0.2, 0.25) is 0 Å². The Kier molecular flexibility index (Phi) is 7.70. The Bertz CT molecular complexity index is 688. The van der Waals surface area contributed by atoms with E-state index >= 15 is 0 Å². The van der Waals surface area contributed by atoms with Crippen molar-refractivity contribution in [3.05, 3.63) is 0 Å². The zero-order chi connectivity index (χ0) is 22.7. The Morgan fingerprint density at radius 1 is 1.10 bits per heavy atom. The fraction of sp³-hybridized carbons (Fsp3) is 0.750. The molecule has 0 aromatic rings. The SMILES string of the molecule is CC(C)(C)C(=O)C(CNC(CCC(=O)O)C(=O)O)N1C(=O)CC(C(C)(C)C)C1=O. The highest BCUT2D eigenvalue weighted by Gasteiger charge is 2.50. The number of carbonyl (C=O) groups is 5. The third-order valence-corrected chi connectivity index (χ3v) is 5.08. The van der Waals surface area contributed by atoms with Gasteiger partial charge in [0.1, 0.15) is 12.1 Å². The van der Waals surface area contributed by atoms with E-state index in [4.69, 9.17) is 5.11 Å². The smallest absolute Gasteiger partial charge is 0.320 e. The number of carboxylic acids is 2. The van der Waals surface area contributed by atoms with Gasteiger partial charge in [0, 0.05) is 24.8 Å². The van der Waals surface area contributed by atoms with E-state index in [1.54, 1.807) is 20.8 Å². The Balaban J connectivity index is 3.14. The minimum Gasteiger partial charge on any atom is -0.481 e. The number of hydrogen-bond acceptors (Lipinski definition) is 6. The molecule has 0 spiro atoms. The molecule has 1 rings (SSSR count). The lowest BCUT2D eigenvalue weighted by atomic mass is 9.79. The van der Waals surface area contributed by atoms with Gasteiger partial charge in [-0.05, 0) is 11.8 Å². The molecule has 1 aliphatic heterocycles. The summed E-state index contributed by atoms with van der Waals surface area (Å²) < 4.78 is 0. The van der Waals surface area contributed by atoms with Crippen molar-refractivity contribution in [1.29, 1.82) is 0 Å². The molecule has 0 aliphatic carbocycles. The standard InChI is InChI=1S/C20H32N2O7/c1-19(2,3)11-9-14(23)22(17(11)27)13(16(26)20(4,5)6)10-21-12(18(28)29)7-8-15(24)25/h11-13,21H,7-10H2,1-6H3,(H,24,25)(H,28,29). The van der Waals surface area contributed by atoms with Gasteiger partial charge < -0.3 is 15.5 Å². The van der Waals surface area contributed by atoms with Crippen LogP contribution >= 0.6 is 0 Å². The number of hydrogen-bond donors (Lipinski definition) is 3. The summed E-state index contributed by atoms with van der Waals surface area (Å²) in [6.07, 6.45) is -0.555. The molecule has 9 nitrogen and oxygen atoms in total. The maximum atomic E-state index is 13.0. The monoisotopic (exact) mass is 412 g/mol. The fourth-order valence-corrected chi connectivity index (χ4v) is 3.29. The van der Waals surface area contributed by atoms with Crippen LogP contribution < -0.4 is 5.32 Å². The summed E-state index contributed by atoms with van der Waals surface area (Å²) in [6.45, 7) is 10.3. The van der Waals surface area contributed by atoms with Crippen molar-refractivity contribution in [1.82, 2.24) is 10.2 Å². The molecule has 1 aliphatic rings. The number of likely N-dealkylation sites (tertiary alicyclic amines) is 1. The van der Waals surface area contributed by atoms with Gasteiger partial charge in [0.15, 0.2) is 5.78 Å². The van der Waals surface area contributed by atoms with Crippen LogP contribution in [0.4, 0.5) is 0 Å². The first kappa shape index (κ1) is 24.7. The van der Waals surface area contributed by atoms with Crippen molar-refractivity contribution in [2.75, 3.05) is 6.54 Å². The van der Waals surface area contributed by atoms with Gasteiger partial charge in [0.05, 0.1) is 5.92 Å². The number of imide groups is 1. The van der Waals surface area contributed by atoms with Crippen molar-refractivity contribution in [2.24, 2.45) is 16.7 Å². The molecule has 1 saturated heterocycles. The molecular weight excluding hydrogens is 380 g/mol. The number of amides is 2. The molecule has 3 atom stereocenters. The van der Waals surface area contributed by atoms with Crippen LogP contribution in [0.5, 0.6) is 0 Å². The predicted octanol–water partition coefficient (Wildman–Crippen LogP) is 1.30. The van der Waals surface area contributed by atoms with Crippen molar-refractivity contribution >= 4 is 29.5 Å². The number of ketones is 1. The Morgan fingerprint density at radius 2 is 1.66 bits per heavy atom. The normalized spacial score (nSPS) is 19.9. The summed E-state index contributed by atoms with van der Waals surface area (Å²) in [6, 6.07) is -2.37. The van der Waals surface area contributed by atoms with Crippen molar-refractivity contribution < 1.29 is 34.2 Å². The lowest BCUT2D eigenvalue weighted by Crippen LogP contribution is -2.55. The number of carboxylic acid groups (broad SMARTS) is 2. The molecule has 29 heavy (non-hydrogen) atoms. The predicted molar refractivity (Wildman–Crippen MR) is 104 cm³/mol. The van der Waals surface area contributed by atoms with Crippen LogP contribution in [0, 0.1) is 16.7 Å². The quantitative estimate of drug-likeness (QED) is 0.481. The molecular formula is C20H32N2O7. The Morgan fingerprint density at radius 3 is 2.03 bits per heavy atom. The molecule has 0 saturated carbocycles. The summed E-state index contributed by atoms with van der Waals surface area (Å²) in [4.78, 5) is 61.8. The zero-order valence-electron chi connectivity index (χ0n) is 17.9. The number of Topliss-reactive ketones (excluding diaryl/α,β-unsaturated/α-hetero) is 1. The minimum absolute atomic E-state index is 0.00235. The average molecular weight is 412 g/mol. The van der Waals surface area contributed by atoms with E-state index in [0.29, 0.717) is 0 Å². The van der Waals surface area contributed by atoms with Crippen molar-refractivity contribution in [3.63, 3.8) is 0 Å². The van der Waals surface area contributed by atoms with E-state index in [1.165, 1.54) is 0 Å². The van der Waals surface area contributed by atoms with E-state index < -0.39 is 52.6 Å². The van der Waals surface area contributed by atoms with Crippen LogP contribution in [0.3, 0.4) is 0 Å². The van der Waals surface area contributed by atoms with E-state index in [2.05, 4.69) is 5.32 Å². The van der Waals surface area contributed by atoms with Gasteiger partial charge in [0.2, 0.25) is 11.8 Å². The largest absolute Gasteiger partial charge is 0.481 e. The maximum Gasteiger partial charge on any atom is 0.320 e. The molecule has 0 radical (unpaired) electrons. The molecule has 0 aromatic heterocycles. The number of nitrogens with one attached hydrogen (secondary N) is 1. The molecule has 0 aromatic carbocycles. The number of aliphatic carboxylic acids is 2. The van der Waals surface area contributed by atoms with Crippen LogP contribution in [0.25, 0.3) is 0 Å². The zero-order valence-corrected chi connectivity index (χ0v) is 17.9. The van der Waals surface area contributed by atoms with E-state index in [9.17, 15) is 29.1 Å². The highest BCUT2D eigenvalue weighted by Crippen LogP contribution is 2.37. The van der Waals surface area contributed by atoms with E-state index in [1.807, 2.05) is 20.8 Å². The third-order valence-electron chi connectivity index (χ3n) is 5.08. The third kappa shape index (κ3) is 6.35. The van der Waals surface area contributed by atoms with Gasteiger partial charge in [-0.1, -0.05) is 41.5 Å². The fourth-order valence-electron chi connectivity index (χ4n) is 3.29. The molecule has 3 N–H and O–H groups in total. The highest BCUT2D eigenvalue weighted by molar-refractivity contribution is 6.08. The summed E-state index contributed by atoms with van der Waals surface area (Å²) in [5.74, 6) is -4.24. The molecule has 1 heterocycles. The van der Waals surface area contributed by atoms with Gasteiger partial charge in [-0.3, -0.25) is 28.9 Å². The van der Waals surface area contributed by atoms with Gasteiger partial charge in [-0.25, -0.2) is 0 Å². The molecule has 2 amide bonds. The lowest BCUT2D eigenvalue weighted by Gasteiger charge is -2.32. The Hall–Kier alpha value is -2.29. The first-order valence-electron chi connectivity index (χ1n) is 9.65. The first-order chi connectivity index (χ1) is 13.1. The highest BCUT2D eigenvalue weighted by atomic mass is 16.4. The van der Waals surface area contributed by atoms with Gasteiger partial charge in [0.25, 0.3) is 0 Å². The molecule has 0 bridgehead atoms. The number of carbonyl (C=O) groups excluding carboxylic acids is 3. The van der Waals surface area contributed by atoms with Gasteiger partial charge in [-0.15, -0.1) is 0 Å². The van der Waals surface area contributed by atoms with Gasteiger partial charge >= 0.3 is 11.9 Å². The molecule has 9 heteroatoms. The lowest BCUT2D eigenvalue weighted by molar-refractivity contribution is -0.149. The van der Waals surface area contributed by atoms with Crippen LogP contribution in [-0.2, 0) is 24.0 Å². The second-order valence-electron chi connectivity index (χ2n) is 9.59. The summed E-state index contributed by atoms with van der Waals surface area (Å²) in [5.41, 5.74) is -1.33. The van der Waals surface area contributed by atoms with Crippen molar-refractivity contribution in [3.8, 4) is 0 Å². The Labute approximate surface area is 170 Å². The average Bonchev–Trinajstić information content (AvgIpc) is 2.84. The minimum atomic E-state index is -1.26. The van der Waals surface area contributed by atoms with Crippen LogP contribution in [-0.4, -0.2) is 63.3 Å². The summed E-state index contributed by atoms with van der Waals surface area (Å²) in [7, 11) is 0. The van der Waals surface area contributed by atoms with E-state index in [-0.39, 0.29) is 31.6 Å². The van der Waals surface area contributed by atoms with Crippen molar-refractivity contribution in [2.45, 2.75) is 72.9 Å². The number of nitrogens with zero attached hydrogens (tertiary/aromatic N) is 1. The molecule has 164 valence electrons. The van der Waals surface area contributed by atoms with Crippen LogP contribution in [0.1, 0.15) is 60.8 Å². The summed E-state index contributed by atoms with van der Waals surface area (Å²) in [5, 5.41) is 20.8. The summed E-state index contributed by atoms with van der Waals surface area (Å²) >= 11 is 0. The topological polar surface area (TPSA) is 141 Å².